The normalized spacial score (nSPS) is 13.8. The summed E-state index contributed by atoms with van der Waals surface area (Å²) in [5.41, 5.74) is 1.81. The number of carbonyl (C=O) groups is 1. The van der Waals surface area contributed by atoms with Crippen LogP contribution in [0.5, 0.6) is 0 Å². The van der Waals surface area contributed by atoms with Crippen molar-refractivity contribution in [2.45, 2.75) is 13.1 Å². The lowest BCUT2D eigenvalue weighted by atomic mass is 10.1. The minimum atomic E-state index is -0.513. The Bertz CT molecular complexity index is 1220. The Kier molecular flexibility index (Phi) is 6.98. The minimum absolute atomic E-state index is 0.111. The summed E-state index contributed by atoms with van der Waals surface area (Å²) in [5, 5.41) is 11.0. The van der Waals surface area contributed by atoms with Crippen LogP contribution in [0.2, 0.25) is 0 Å². The first kappa shape index (κ1) is 23.1. The molecular weight excluding hydrogens is 436 g/mol. The van der Waals surface area contributed by atoms with Crippen LogP contribution in [0.1, 0.15) is 21.6 Å². The van der Waals surface area contributed by atoms with Crippen LogP contribution in [0.4, 0.5) is 11.6 Å². The van der Waals surface area contributed by atoms with Crippen molar-refractivity contribution in [3.63, 3.8) is 0 Å². The van der Waals surface area contributed by atoms with Crippen LogP contribution in [-0.4, -0.2) is 63.8 Å². The predicted octanol–water partition coefficient (Wildman–Crippen LogP) is 2.27. The minimum Gasteiger partial charge on any atom is -0.339 e. The summed E-state index contributed by atoms with van der Waals surface area (Å²) < 4.78 is 0. The van der Waals surface area contributed by atoms with Crippen molar-refractivity contribution < 1.29 is 9.72 Å². The van der Waals surface area contributed by atoms with Gasteiger partial charge in [-0.1, -0.05) is 36.4 Å². The second-order valence-electron chi connectivity index (χ2n) is 8.30. The smallest absolute Gasteiger partial charge is 0.270 e. The van der Waals surface area contributed by atoms with Gasteiger partial charge in [0.15, 0.2) is 0 Å². The molecule has 3 aromatic rings. The molecule has 0 saturated carbocycles. The van der Waals surface area contributed by atoms with Crippen LogP contribution < -0.4 is 10.5 Å². The molecule has 2 aromatic carbocycles. The largest absolute Gasteiger partial charge is 0.339 e. The fraction of sp³-hybridized carbons (Fsp3) is 0.292. The third-order valence-electron chi connectivity index (χ3n) is 5.68. The van der Waals surface area contributed by atoms with Crippen LogP contribution in [-0.2, 0) is 13.1 Å². The van der Waals surface area contributed by atoms with Gasteiger partial charge in [0.25, 0.3) is 17.2 Å². The Morgan fingerprint density at radius 1 is 1.06 bits per heavy atom. The molecule has 0 radical (unpaired) electrons. The molecule has 0 aliphatic carbocycles. The highest BCUT2D eigenvalue weighted by Crippen LogP contribution is 2.17. The summed E-state index contributed by atoms with van der Waals surface area (Å²) >= 11 is 0. The van der Waals surface area contributed by atoms with E-state index in [-0.39, 0.29) is 22.7 Å². The number of aromatic nitrogens is 2. The molecule has 0 spiro atoms. The van der Waals surface area contributed by atoms with Gasteiger partial charge in [-0.05, 0) is 18.7 Å². The molecule has 1 fully saturated rings. The number of nitro benzene ring substituents is 1. The SMILES string of the molecule is CN(Cc1ccccc1)Cc1cc(=O)[nH]c(N2CCN(C(=O)c3cccc([N+](=O)[O-])c3)CC2)n1. The zero-order valence-corrected chi connectivity index (χ0v) is 18.9. The number of H-pyrrole nitrogens is 1. The van der Waals surface area contributed by atoms with Gasteiger partial charge in [-0.3, -0.25) is 29.6 Å². The van der Waals surface area contributed by atoms with Gasteiger partial charge < -0.3 is 9.80 Å². The number of carbonyl (C=O) groups excluding carboxylic acids is 1. The predicted molar refractivity (Wildman–Crippen MR) is 128 cm³/mol. The van der Waals surface area contributed by atoms with E-state index in [4.69, 9.17) is 0 Å². The lowest BCUT2D eigenvalue weighted by molar-refractivity contribution is -0.384. The topological polar surface area (TPSA) is 116 Å². The van der Waals surface area contributed by atoms with E-state index in [0.717, 1.165) is 6.54 Å². The first-order chi connectivity index (χ1) is 16.4. The second kappa shape index (κ2) is 10.3. The summed E-state index contributed by atoms with van der Waals surface area (Å²) in [6.07, 6.45) is 0. The summed E-state index contributed by atoms with van der Waals surface area (Å²) in [4.78, 5) is 48.7. The number of benzene rings is 2. The Hall–Kier alpha value is -4.05. The molecule has 1 N–H and O–H groups in total. The monoisotopic (exact) mass is 462 g/mol. The quantitative estimate of drug-likeness (QED) is 0.423. The average molecular weight is 463 g/mol. The lowest BCUT2D eigenvalue weighted by Gasteiger charge is -2.35. The third kappa shape index (κ3) is 5.65. The van der Waals surface area contributed by atoms with Crippen molar-refractivity contribution in [3.8, 4) is 0 Å². The number of hydrogen-bond donors (Lipinski definition) is 1. The highest BCUT2D eigenvalue weighted by Gasteiger charge is 2.24. The number of nitrogens with one attached hydrogen (secondary N) is 1. The molecule has 10 heteroatoms. The maximum atomic E-state index is 12.8. The fourth-order valence-corrected chi connectivity index (χ4v) is 4.01. The fourth-order valence-electron chi connectivity index (χ4n) is 4.01. The molecule has 2 heterocycles. The molecule has 1 aliphatic heterocycles. The summed E-state index contributed by atoms with van der Waals surface area (Å²) in [6, 6.07) is 17.3. The molecule has 0 bridgehead atoms. The molecule has 176 valence electrons. The highest BCUT2D eigenvalue weighted by atomic mass is 16.6. The number of amides is 1. The number of nitrogens with zero attached hydrogens (tertiary/aromatic N) is 5. The number of rotatable bonds is 7. The van der Waals surface area contributed by atoms with Crippen LogP contribution in [0.25, 0.3) is 0 Å². The first-order valence-electron chi connectivity index (χ1n) is 11.0. The van der Waals surface area contributed by atoms with E-state index in [1.807, 2.05) is 30.1 Å². The Morgan fingerprint density at radius 2 is 1.79 bits per heavy atom. The van der Waals surface area contributed by atoms with E-state index in [1.165, 1.54) is 29.8 Å². The van der Waals surface area contributed by atoms with E-state index in [1.54, 1.807) is 11.0 Å². The van der Waals surface area contributed by atoms with Crippen LogP contribution in [0, 0.1) is 10.1 Å². The molecule has 34 heavy (non-hydrogen) atoms. The molecule has 4 rings (SSSR count). The maximum Gasteiger partial charge on any atom is 0.270 e. The Balaban J connectivity index is 1.39. The number of hydrogen-bond acceptors (Lipinski definition) is 7. The van der Waals surface area contributed by atoms with E-state index < -0.39 is 4.92 Å². The molecule has 1 saturated heterocycles. The van der Waals surface area contributed by atoms with Crippen molar-refractivity contribution in [2.75, 3.05) is 38.1 Å². The van der Waals surface area contributed by atoms with Gasteiger partial charge in [-0.15, -0.1) is 0 Å². The van der Waals surface area contributed by atoms with E-state index in [9.17, 15) is 19.7 Å². The van der Waals surface area contributed by atoms with Gasteiger partial charge in [0, 0.05) is 63.0 Å². The number of non-ortho nitro benzene ring substituents is 1. The number of aromatic amines is 1. The first-order valence-corrected chi connectivity index (χ1v) is 11.0. The summed E-state index contributed by atoms with van der Waals surface area (Å²) in [7, 11) is 1.98. The van der Waals surface area contributed by atoms with Crippen LogP contribution in [0.15, 0.2) is 65.5 Å². The lowest BCUT2D eigenvalue weighted by Crippen LogP contribution is -2.49. The third-order valence-corrected chi connectivity index (χ3v) is 5.68. The maximum absolute atomic E-state index is 12.8. The second-order valence-corrected chi connectivity index (χ2v) is 8.30. The summed E-state index contributed by atoms with van der Waals surface area (Å²) in [5.74, 6) is 0.235. The van der Waals surface area contributed by atoms with Gasteiger partial charge in [0.1, 0.15) is 0 Å². The van der Waals surface area contributed by atoms with E-state index in [0.29, 0.717) is 44.4 Å². The number of nitro groups is 1. The average Bonchev–Trinajstić information content (AvgIpc) is 2.84. The molecule has 0 unspecified atom stereocenters. The van der Waals surface area contributed by atoms with Crippen molar-refractivity contribution in [1.29, 1.82) is 0 Å². The standard InChI is InChI=1S/C24H26N6O4/c1-27(16-18-6-3-2-4-7-18)17-20-15-22(31)26-24(25-20)29-12-10-28(11-13-29)23(32)19-8-5-9-21(14-19)30(33)34/h2-9,14-15H,10-13,16-17H2,1H3,(H,25,26,31). The Labute approximate surface area is 196 Å². The number of piperazine rings is 1. The van der Waals surface area contributed by atoms with Crippen molar-refractivity contribution >= 4 is 17.5 Å². The molecular formula is C24H26N6O4. The van der Waals surface area contributed by atoms with Gasteiger partial charge in [0.05, 0.1) is 10.6 Å². The van der Waals surface area contributed by atoms with Crippen LogP contribution >= 0.6 is 0 Å². The van der Waals surface area contributed by atoms with Gasteiger partial charge in [-0.25, -0.2) is 4.98 Å². The molecule has 10 nitrogen and oxygen atoms in total. The van der Waals surface area contributed by atoms with Crippen LogP contribution in [0.3, 0.4) is 0 Å². The summed E-state index contributed by atoms with van der Waals surface area (Å²) in [6.45, 7) is 3.09. The van der Waals surface area contributed by atoms with E-state index in [2.05, 4.69) is 27.0 Å². The molecule has 1 amide bonds. The molecule has 0 atom stereocenters. The van der Waals surface area contributed by atoms with Crippen molar-refractivity contribution in [3.05, 3.63) is 98.0 Å². The zero-order chi connectivity index (χ0) is 24.1. The van der Waals surface area contributed by atoms with E-state index >= 15 is 0 Å². The Morgan fingerprint density at radius 3 is 2.50 bits per heavy atom. The van der Waals surface area contributed by atoms with Gasteiger partial charge in [0.2, 0.25) is 5.95 Å². The molecule has 1 aromatic heterocycles. The molecule has 1 aliphatic rings. The van der Waals surface area contributed by atoms with Crippen molar-refractivity contribution in [1.82, 2.24) is 19.8 Å². The number of anilines is 1. The highest BCUT2D eigenvalue weighted by molar-refractivity contribution is 5.95. The van der Waals surface area contributed by atoms with Gasteiger partial charge in [-0.2, -0.15) is 0 Å². The van der Waals surface area contributed by atoms with Crippen molar-refractivity contribution in [2.24, 2.45) is 0 Å². The zero-order valence-electron chi connectivity index (χ0n) is 18.9. The van der Waals surface area contributed by atoms with Gasteiger partial charge >= 0.3 is 0 Å².